The van der Waals surface area contributed by atoms with E-state index < -0.39 is 0 Å². The van der Waals surface area contributed by atoms with Crippen LogP contribution in [0.3, 0.4) is 0 Å². The lowest BCUT2D eigenvalue weighted by Gasteiger charge is -2.27. The van der Waals surface area contributed by atoms with Gasteiger partial charge in [-0.25, -0.2) is 0 Å². The van der Waals surface area contributed by atoms with Gasteiger partial charge >= 0.3 is 0 Å². The van der Waals surface area contributed by atoms with Crippen molar-refractivity contribution in [3.8, 4) is 0 Å². The molecule has 5 nitrogen and oxygen atoms in total. The van der Waals surface area contributed by atoms with E-state index in [1.807, 2.05) is 6.07 Å². The van der Waals surface area contributed by atoms with Gasteiger partial charge in [0.1, 0.15) is 0 Å². The molecule has 0 bridgehead atoms. The predicted octanol–water partition coefficient (Wildman–Crippen LogP) is 3.91. The Balaban J connectivity index is 0.00000264. The summed E-state index contributed by atoms with van der Waals surface area (Å²) in [7, 11) is 1.80. The highest BCUT2D eigenvalue weighted by Gasteiger charge is 2.18. The lowest BCUT2D eigenvalue weighted by Crippen LogP contribution is -2.40. The Hall–Kier alpha value is -0.790. The molecule has 1 aliphatic rings. The summed E-state index contributed by atoms with van der Waals surface area (Å²) in [6, 6.07) is 2.01. The summed E-state index contributed by atoms with van der Waals surface area (Å²) < 4.78 is 5.33. The number of halogens is 1. The van der Waals surface area contributed by atoms with Crippen LogP contribution in [0.5, 0.6) is 0 Å². The molecule has 132 valence electrons. The van der Waals surface area contributed by atoms with Crippen LogP contribution < -0.4 is 10.6 Å². The molecule has 1 fully saturated rings. The number of aliphatic imine (C=N–C) groups is 1. The molecule has 2 unspecified atom stereocenters. The average Bonchev–Trinajstić information content (AvgIpc) is 2.97. The van der Waals surface area contributed by atoms with E-state index >= 15 is 0 Å². The topological polar surface area (TPSA) is 62.5 Å². The van der Waals surface area contributed by atoms with Crippen LogP contribution >= 0.6 is 24.0 Å². The second kappa shape index (κ2) is 10.2. The molecule has 2 N–H and O–H groups in total. The number of hydrogen-bond donors (Lipinski definition) is 2. The van der Waals surface area contributed by atoms with Crippen molar-refractivity contribution in [2.24, 2.45) is 16.8 Å². The van der Waals surface area contributed by atoms with E-state index in [0.717, 1.165) is 35.8 Å². The van der Waals surface area contributed by atoms with Crippen LogP contribution in [0.1, 0.15) is 63.8 Å². The Bertz CT molecular complexity index is 487. The maximum Gasteiger partial charge on any atom is 0.191 e. The van der Waals surface area contributed by atoms with Gasteiger partial charge in [0.25, 0.3) is 0 Å². The first-order valence-electron chi connectivity index (χ1n) is 8.48. The maximum absolute atomic E-state index is 5.33. The molecule has 1 aliphatic carbocycles. The number of guanidine groups is 1. The Kier molecular flexibility index (Phi) is 8.94. The molecular formula is C17H31IN4O. The maximum atomic E-state index is 5.33. The normalized spacial score (nSPS) is 21.9. The molecule has 6 heteroatoms. The third-order valence-electron chi connectivity index (χ3n) is 4.43. The van der Waals surface area contributed by atoms with E-state index in [1.54, 1.807) is 7.05 Å². The van der Waals surface area contributed by atoms with Crippen LogP contribution in [-0.2, 0) is 6.54 Å². The molecule has 0 radical (unpaired) electrons. The first-order chi connectivity index (χ1) is 10.6. The van der Waals surface area contributed by atoms with Crippen LogP contribution in [0, 0.1) is 11.8 Å². The minimum Gasteiger partial charge on any atom is -0.359 e. The molecular weight excluding hydrogens is 403 g/mol. The smallest absolute Gasteiger partial charge is 0.191 e. The minimum absolute atomic E-state index is 0. The van der Waals surface area contributed by atoms with E-state index in [4.69, 9.17) is 4.52 Å². The Morgan fingerprint density at radius 2 is 2.17 bits per heavy atom. The zero-order valence-electron chi connectivity index (χ0n) is 14.8. The molecule has 1 heterocycles. The van der Waals surface area contributed by atoms with E-state index in [-0.39, 0.29) is 24.0 Å². The van der Waals surface area contributed by atoms with Crippen molar-refractivity contribution in [3.05, 3.63) is 17.5 Å². The standard InChI is InChI=1S/C17H30N4O.HI/c1-12(2)16-9-15(22-21-16)11-20-17(18-4)19-10-14-7-5-6-13(3)8-14;/h9,12-14H,5-8,10-11H2,1-4H3,(H2,18,19,20);1H. The zero-order valence-corrected chi connectivity index (χ0v) is 17.1. The van der Waals surface area contributed by atoms with E-state index in [9.17, 15) is 0 Å². The molecule has 0 aromatic carbocycles. The summed E-state index contributed by atoms with van der Waals surface area (Å²) in [6.45, 7) is 8.19. The highest BCUT2D eigenvalue weighted by Crippen LogP contribution is 2.27. The van der Waals surface area contributed by atoms with Crippen molar-refractivity contribution in [2.75, 3.05) is 13.6 Å². The first-order valence-corrected chi connectivity index (χ1v) is 8.48. The SMILES string of the molecule is CN=C(NCc1cc(C(C)C)no1)NCC1CCCC(C)C1.I. The summed E-state index contributed by atoms with van der Waals surface area (Å²) >= 11 is 0. The van der Waals surface area contributed by atoms with Crippen LogP contribution in [0.2, 0.25) is 0 Å². The van der Waals surface area contributed by atoms with Crippen molar-refractivity contribution >= 4 is 29.9 Å². The Morgan fingerprint density at radius 3 is 2.78 bits per heavy atom. The van der Waals surface area contributed by atoms with Crippen LogP contribution in [-0.4, -0.2) is 24.7 Å². The quantitative estimate of drug-likeness (QED) is 0.419. The number of nitrogens with one attached hydrogen (secondary N) is 2. The molecule has 23 heavy (non-hydrogen) atoms. The minimum atomic E-state index is 0. The largest absolute Gasteiger partial charge is 0.359 e. The second-order valence-electron chi connectivity index (χ2n) is 6.82. The molecule has 2 atom stereocenters. The summed E-state index contributed by atoms with van der Waals surface area (Å²) in [4.78, 5) is 4.28. The molecule has 0 saturated heterocycles. The molecule has 0 amide bonds. The van der Waals surface area contributed by atoms with Gasteiger partial charge in [0, 0.05) is 19.7 Å². The summed E-state index contributed by atoms with van der Waals surface area (Å²) in [6.07, 6.45) is 5.39. The van der Waals surface area contributed by atoms with Gasteiger partial charge in [-0.2, -0.15) is 0 Å². The van der Waals surface area contributed by atoms with Crippen molar-refractivity contribution in [2.45, 2.75) is 58.9 Å². The van der Waals surface area contributed by atoms with Gasteiger partial charge < -0.3 is 15.2 Å². The first kappa shape index (κ1) is 20.3. The van der Waals surface area contributed by atoms with Gasteiger partial charge in [-0.15, -0.1) is 24.0 Å². The number of hydrogen-bond acceptors (Lipinski definition) is 3. The van der Waals surface area contributed by atoms with Gasteiger partial charge in [0.15, 0.2) is 11.7 Å². The molecule has 1 aromatic heterocycles. The van der Waals surface area contributed by atoms with Crippen molar-refractivity contribution in [1.29, 1.82) is 0 Å². The fourth-order valence-corrected chi connectivity index (χ4v) is 3.06. The molecule has 2 rings (SSSR count). The fourth-order valence-electron chi connectivity index (χ4n) is 3.06. The molecule has 0 spiro atoms. The monoisotopic (exact) mass is 434 g/mol. The van der Waals surface area contributed by atoms with Crippen molar-refractivity contribution in [3.63, 3.8) is 0 Å². The highest BCUT2D eigenvalue weighted by atomic mass is 127. The third-order valence-corrected chi connectivity index (χ3v) is 4.43. The molecule has 0 aliphatic heterocycles. The lowest BCUT2D eigenvalue weighted by molar-refractivity contribution is 0.282. The van der Waals surface area contributed by atoms with Gasteiger partial charge in [-0.3, -0.25) is 4.99 Å². The number of aromatic nitrogens is 1. The Morgan fingerprint density at radius 1 is 1.39 bits per heavy atom. The summed E-state index contributed by atoms with van der Waals surface area (Å²) in [5.74, 6) is 3.70. The average molecular weight is 434 g/mol. The second-order valence-corrected chi connectivity index (χ2v) is 6.82. The van der Waals surface area contributed by atoms with E-state index in [2.05, 4.69) is 41.6 Å². The van der Waals surface area contributed by atoms with Gasteiger partial charge in [-0.1, -0.05) is 38.8 Å². The fraction of sp³-hybridized carbons (Fsp3) is 0.765. The van der Waals surface area contributed by atoms with Crippen LogP contribution in [0.15, 0.2) is 15.6 Å². The van der Waals surface area contributed by atoms with Crippen molar-refractivity contribution in [1.82, 2.24) is 15.8 Å². The van der Waals surface area contributed by atoms with Gasteiger partial charge in [-0.05, 0) is 30.6 Å². The number of nitrogens with zero attached hydrogens (tertiary/aromatic N) is 2. The highest BCUT2D eigenvalue weighted by molar-refractivity contribution is 14.0. The predicted molar refractivity (Wildman–Crippen MR) is 105 cm³/mol. The van der Waals surface area contributed by atoms with Gasteiger partial charge in [0.05, 0.1) is 12.2 Å². The van der Waals surface area contributed by atoms with Crippen LogP contribution in [0.25, 0.3) is 0 Å². The third kappa shape index (κ3) is 6.69. The van der Waals surface area contributed by atoms with Crippen molar-refractivity contribution < 1.29 is 4.52 Å². The Labute approximate surface area is 157 Å². The van der Waals surface area contributed by atoms with Gasteiger partial charge in [0.2, 0.25) is 0 Å². The summed E-state index contributed by atoms with van der Waals surface area (Å²) in [5.41, 5.74) is 0.996. The van der Waals surface area contributed by atoms with E-state index in [1.165, 1.54) is 25.7 Å². The lowest BCUT2D eigenvalue weighted by atomic mass is 9.82. The molecule has 1 saturated carbocycles. The van der Waals surface area contributed by atoms with E-state index in [0.29, 0.717) is 12.5 Å². The summed E-state index contributed by atoms with van der Waals surface area (Å²) in [5, 5.41) is 10.8. The molecule has 1 aromatic rings. The number of rotatable bonds is 5. The van der Waals surface area contributed by atoms with Crippen LogP contribution in [0.4, 0.5) is 0 Å². The zero-order chi connectivity index (χ0) is 15.9.